The summed E-state index contributed by atoms with van der Waals surface area (Å²) in [5, 5.41) is 0. The van der Waals surface area contributed by atoms with E-state index in [4.69, 9.17) is 0 Å². The molecule has 45 valence electrons. The van der Waals surface area contributed by atoms with Crippen LogP contribution in [-0.4, -0.2) is 13.1 Å². The molecule has 1 fully saturated rings. The normalized spacial score (nSPS) is 17.8. The smallest absolute Gasteiger partial charge is 0.122 e. The fourth-order valence-electron chi connectivity index (χ4n) is 0.947. The number of anilines is 1. The highest BCUT2D eigenvalue weighted by atomic mass is 15.3. The largest absolute Gasteiger partial charge is 0.182 e. The van der Waals surface area contributed by atoms with Gasteiger partial charge in [0, 0.05) is 12.1 Å². The van der Waals surface area contributed by atoms with Crippen molar-refractivity contribution in [3.8, 4) is 0 Å². The van der Waals surface area contributed by atoms with Crippen molar-refractivity contribution in [2.24, 2.45) is 0 Å². The average molecular weight is 119 g/mol. The van der Waals surface area contributed by atoms with Crippen molar-refractivity contribution < 1.29 is 0 Å². The predicted octanol–water partition coefficient (Wildman–Crippen LogP) is 1.47. The maximum absolute atomic E-state index is 2.33. The molecule has 0 atom stereocenters. The molecule has 9 heavy (non-hydrogen) atoms. The first-order chi connectivity index (χ1) is 4.47. The summed E-state index contributed by atoms with van der Waals surface area (Å²) in [5.74, 6) is 0. The molecule has 1 aliphatic rings. The van der Waals surface area contributed by atoms with E-state index in [1.807, 2.05) is 6.07 Å². The minimum Gasteiger partial charge on any atom is -0.122 e. The highest BCUT2D eigenvalue weighted by Gasteiger charge is 2.32. The zero-order chi connectivity index (χ0) is 6.10. The van der Waals surface area contributed by atoms with E-state index in [9.17, 15) is 0 Å². The SMILES string of the molecule is c1ccc([N+]2CC2)cc1. The van der Waals surface area contributed by atoms with Crippen LogP contribution in [0.1, 0.15) is 0 Å². The van der Waals surface area contributed by atoms with Crippen LogP contribution >= 0.6 is 0 Å². The van der Waals surface area contributed by atoms with Crippen molar-refractivity contribution in [2.75, 3.05) is 13.1 Å². The Hall–Kier alpha value is -0.820. The maximum atomic E-state index is 2.33. The number of benzene rings is 1. The quantitative estimate of drug-likeness (QED) is 0.390. The van der Waals surface area contributed by atoms with E-state index in [1.54, 1.807) is 0 Å². The third-order valence-electron chi connectivity index (χ3n) is 1.57. The summed E-state index contributed by atoms with van der Waals surface area (Å²) >= 11 is 0. The van der Waals surface area contributed by atoms with Gasteiger partial charge in [-0.05, 0) is 0 Å². The molecule has 2 rings (SSSR count). The van der Waals surface area contributed by atoms with E-state index in [-0.39, 0.29) is 0 Å². The highest BCUT2D eigenvalue weighted by Crippen LogP contribution is 2.18. The molecule has 1 saturated heterocycles. The molecule has 1 radical (unpaired) electrons. The molecule has 0 spiro atoms. The first kappa shape index (κ1) is 5.00. The van der Waals surface area contributed by atoms with Gasteiger partial charge in [-0.15, -0.1) is 4.90 Å². The third-order valence-corrected chi connectivity index (χ3v) is 1.57. The zero-order valence-electron chi connectivity index (χ0n) is 5.25. The lowest BCUT2D eigenvalue weighted by Gasteiger charge is -1.85. The van der Waals surface area contributed by atoms with Gasteiger partial charge in [0.05, 0.1) is 0 Å². The maximum Gasteiger partial charge on any atom is 0.182 e. The van der Waals surface area contributed by atoms with Gasteiger partial charge < -0.3 is 0 Å². The number of rotatable bonds is 1. The van der Waals surface area contributed by atoms with Crippen LogP contribution in [0.5, 0.6) is 0 Å². The Morgan fingerprint density at radius 2 is 1.67 bits per heavy atom. The van der Waals surface area contributed by atoms with Gasteiger partial charge >= 0.3 is 0 Å². The Bertz CT molecular complexity index is 189. The van der Waals surface area contributed by atoms with Crippen molar-refractivity contribution in [1.82, 2.24) is 4.90 Å². The van der Waals surface area contributed by atoms with Crippen LogP contribution in [0.15, 0.2) is 30.3 Å². The molecule has 0 saturated carbocycles. The van der Waals surface area contributed by atoms with Gasteiger partial charge in [0.25, 0.3) is 0 Å². The van der Waals surface area contributed by atoms with E-state index in [1.165, 1.54) is 18.8 Å². The minimum atomic E-state index is 1.24. The number of hydrogen-bond donors (Lipinski definition) is 0. The molecule has 1 aliphatic heterocycles. The predicted molar refractivity (Wildman–Crippen MR) is 38.0 cm³/mol. The Labute approximate surface area is 54.9 Å². The lowest BCUT2D eigenvalue weighted by molar-refractivity contribution is 0.994. The van der Waals surface area contributed by atoms with Crippen LogP contribution in [-0.2, 0) is 0 Å². The van der Waals surface area contributed by atoms with E-state index in [0.29, 0.717) is 0 Å². The Balaban J connectivity index is 2.29. The molecule has 0 N–H and O–H groups in total. The van der Waals surface area contributed by atoms with Gasteiger partial charge in [0.1, 0.15) is 0 Å². The van der Waals surface area contributed by atoms with Crippen LogP contribution < -0.4 is 4.90 Å². The summed E-state index contributed by atoms with van der Waals surface area (Å²) in [4.78, 5) is 2.33. The Morgan fingerprint density at radius 1 is 1.00 bits per heavy atom. The van der Waals surface area contributed by atoms with E-state index in [2.05, 4.69) is 29.2 Å². The van der Waals surface area contributed by atoms with Crippen molar-refractivity contribution in [3.05, 3.63) is 30.3 Å². The topological polar surface area (TPSA) is 5.90 Å². The molecule has 0 amide bonds. The molecular formula is C8H9N+. The molecular weight excluding hydrogens is 110 g/mol. The van der Waals surface area contributed by atoms with Crippen LogP contribution in [0, 0.1) is 0 Å². The second-order valence-corrected chi connectivity index (χ2v) is 2.32. The van der Waals surface area contributed by atoms with Gasteiger partial charge in [0.2, 0.25) is 0 Å². The first-order valence-corrected chi connectivity index (χ1v) is 3.27. The molecule has 1 aromatic carbocycles. The molecule has 0 bridgehead atoms. The van der Waals surface area contributed by atoms with Gasteiger partial charge in [-0.2, -0.15) is 0 Å². The molecule has 0 unspecified atom stereocenters. The van der Waals surface area contributed by atoms with Crippen LogP contribution in [0.4, 0.5) is 5.69 Å². The fourth-order valence-corrected chi connectivity index (χ4v) is 0.947. The second kappa shape index (κ2) is 1.85. The van der Waals surface area contributed by atoms with Gasteiger partial charge in [0.15, 0.2) is 18.8 Å². The lowest BCUT2D eigenvalue weighted by Crippen LogP contribution is -1.89. The van der Waals surface area contributed by atoms with Gasteiger partial charge in [-0.1, -0.05) is 18.2 Å². The molecule has 1 nitrogen and oxygen atoms in total. The van der Waals surface area contributed by atoms with Gasteiger partial charge in [-0.25, -0.2) is 0 Å². The van der Waals surface area contributed by atoms with Crippen LogP contribution in [0.25, 0.3) is 0 Å². The summed E-state index contributed by atoms with van der Waals surface area (Å²) in [6.45, 7) is 2.48. The zero-order valence-corrected chi connectivity index (χ0v) is 5.25. The molecule has 0 aliphatic carbocycles. The molecule has 1 heteroatoms. The van der Waals surface area contributed by atoms with E-state index < -0.39 is 0 Å². The third kappa shape index (κ3) is 0.958. The summed E-state index contributed by atoms with van der Waals surface area (Å²) in [6, 6.07) is 10.5. The Morgan fingerprint density at radius 3 is 2.22 bits per heavy atom. The standard InChI is InChI=1S/C8H9N/c1-2-4-8(5-3-1)9-6-7-9/h1-5H,6-7H2/q+1. The fraction of sp³-hybridized carbons (Fsp3) is 0.250. The van der Waals surface area contributed by atoms with Crippen LogP contribution in [0.2, 0.25) is 0 Å². The second-order valence-electron chi connectivity index (χ2n) is 2.32. The number of hydrogen-bond acceptors (Lipinski definition) is 1. The summed E-state index contributed by atoms with van der Waals surface area (Å²) in [5.41, 5.74) is 1.36. The molecule has 0 aromatic heterocycles. The summed E-state index contributed by atoms with van der Waals surface area (Å²) < 4.78 is 0. The highest BCUT2D eigenvalue weighted by molar-refractivity contribution is 5.40. The summed E-state index contributed by atoms with van der Waals surface area (Å²) in [7, 11) is 0. The van der Waals surface area contributed by atoms with Crippen molar-refractivity contribution in [2.45, 2.75) is 0 Å². The summed E-state index contributed by atoms with van der Waals surface area (Å²) in [6.07, 6.45) is 0. The van der Waals surface area contributed by atoms with E-state index >= 15 is 0 Å². The van der Waals surface area contributed by atoms with Crippen molar-refractivity contribution in [3.63, 3.8) is 0 Å². The van der Waals surface area contributed by atoms with Gasteiger partial charge in [-0.3, -0.25) is 0 Å². The molecule has 1 aromatic rings. The Kier molecular flexibility index (Phi) is 1.03. The van der Waals surface area contributed by atoms with E-state index in [0.717, 1.165) is 0 Å². The monoisotopic (exact) mass is 119 g/mol. The number of para-hydroxylation sites is 1. The van der Waals surface area contributed by atoms with Crippen molar-refractivity contribution in [1.29, 1.82) is 0 Å². The number of nitrogens with zero attached hydrogens (tertiary/aromatic N) is 1. The van der Waals surface area contributed by atoms with Crippen LogP contribution in [0.3, 0.4) is 0 Å². The average Bonchev–Trinajstić information content (AvgIpc) is 2.71. The lowest BCUT2D eigenvalue weighted by atomic mass is 10.3. The molecule has 1 heterocycles. The minimum absolute atomic E-state index is 1.24. The van der Waals surface area contributed by atoms with Crippen molar-refractivity contribution >= 4 is 5.69 Å². The first-order valence-electron chi connectivity index (χ1n) is 3.27.